The van der Waals surface area contributed by atoms with Crippen molar-refractivity contribution in [3.63, 3.8) is 0 Å². The summed E-state index contributed by atoms with van der Waals surface area (Å²) in [6.45, 7) is 1.54. The highest BCUT2D eigenvalue weighted by atomic mass is 19.3. The van der Waals surface area contributed by atoms with Crippen molar-refractivity contribution in [2.45, 2.75) is 63.9 Å². The summed E-state index contributed by atoms with van der Waals surface area (Å²) < 4.78 is 76.2. The van der Waals surface area contributed by atoms with E-state index in [4.69, 9.17) is 5.26 Å². The molecule has 1 aliphatic rings. The third kappa shape index (κ3) is 5.66. The lowest BCUT2D eigenvalue weighted by atomic mass is 9.77. The minimum atomic E-state index is -4.17. The first-order chi connectivity index (χ1) is 15.2. The maximum absolute atomic E-state index is 14.6. The number of nitrogens with zero attached hydrogens (tertiary/aromatic N) is 1. The Balaban J connectivity index is 1.66. The van der Waals surface area contributed by atoms with Gasteiger partial charge in [0.25, 0.3) is 0 Å². The van der Waals surface area contributed by atoms with Gasteiger partial charge in [-0.05, 0) is 79.3 Å². The predicted molar refractivity (Wildman–Crippen MR) is 111 cm³/mol. The zero-order valence-electron chi connectivity index (χ0n) is 17.9. The van der Waals surface area contributed by atoms with Gasteiger partial charge >= 0.3 is 6.11 Å². The van der Waals surface area contributed by atoms with Gasteiger partial charge in [-0.15, -0.1) is 0 Å². The van der Waals surface area contributed by atoms with Crippen LogP contribution in [-0.4, -0.2) is 6.61 Å². The van der Waals surface area contributed by atoms with Crippen LogP contribution in [0.25, 0.3) is 0 Å². The van der Waals surface area contributed by atoms with E-state index in [1.807, 2.05) is 0 Å². The molecule has 0 aliphatic heterocycles. The Morgan fingerprint density at radius 2 is 1.66 bits per heavy atom. The van der Waals surface area contributed by atoms with E-state index in [-0.39, 0.29) is 17.9 Å². The van der Waals surface area contributed by atoms with Gasteiger partial charge in [-0.2, -0.15) is 14.0 Å². The van der Waals surface area contributed by atoms with E-state index in [0.29, 0.717) is 17.0 Å². The predicted octanol–water partition coefficient (Wildman–Crippen LogP) is 7.36. The first-order valence-electron chi connectivity index (χ1n) is 10.9. The van der Waals surface area contributed by atoms with Gasteiger partial charge in [0, 0.05) is 0 Å². The van der Waals surface area contributed by atoms with Gasteiger partial charge in [0.1, 0.15) is 29.1 Å². The SMILES string of the molecule is CCC[C@H]1CC[C@H](c2cc(F)c(C(F)(F)OCCc3ccc(C#N)c(F)c3)c(F)c2)CC1. The minimum Gasteiger partial charge on any atom is -0.316 e. The van der Waals surface area contributed by atoms with Gasteiger partial charge < -0.3 is 4.74 Å². The van der Waals surface area contributed by atoms with Gasteiger partial charge in [-0.1, -0.05) is 25.8 Å². The first kappa shape index (κ1) is 24.2. The molecule has 0 N–H and O–H groups in total. The lowest BCUT2D eigenvalue weighted by molar-refractivity contribution is -0.251. The van der Waals surface area contributed by atoms with Gasteiger partial charge in [0.05, 0.1) is 12.2 Å². The molecule has 0 spiro atoms. The molecule has 0 amide bonds. The second-order valence-electron chi connectivity index (χ2n) is 8.41. The molecule has 0 saturated heterocycles. The van der Waals surface area contributed by atoms with Crippen LogP contribution in [0.1, 0.15) is 73.6 Å². The van der Waals surface area contributed by atoms with Crippen LogP contribution in [0.5, 0.6) is 0 Å². The van der Waals surface area contributed by atoms with Gasteiger partial charge in [0.2, 0.25) is 0 Å². The van der Waals surface area contributed by atoms with Gasteiger partial charge in [-0.3, -0.25) is 0 Å². The molecule has 1 saturated carbocycles. The highest BCUT2D eigenvalue weighted by Gasteiger charge is 2.40. The number of alkyl halides is 2. The topological polar surface area (TPSA) is 33.0 Å². The molecule has 0 aromatic heterocycles. The van der Waals surface area contributed by atoms with E-state index in [0.717, 1.165) is 56.7 Å². The van der Waals surface area contributed by atoms with E-state index in [1.54, 1.807) is 6.07 Å². The fraction of sp³-hybridized carbons (Fsp3) is 0.480. The molecule has 32 heavy (non-hydrogen) atoms. The van der Waals surface area contributed by atoms with Crippen LogP contribution in [-0.2, 0) is 17.3 Å². The molecule has 1 fully saturated rings. The van der Waals surface area contributed by atoms with Gasteiger partial charge in [-0.25, -0.2) is 13.2 Å². The Kier molecular flexibility index (Phi) is 7.89. The Hall–Kier alpha value is -2.46. The van der Waals surface area contributed by atoms with Crippen LogP contribution < -0.4 is 0 Å². The van der Waals surface area contributed by atoms with E-state index >= 15 is 0 Å². The summed E-state index contributed by atoms with van der Waals surface area (Å²) in [6.07, 6.45) is 1.47. The second-order valence-corrected chi connectivity index (χ2v) is 8.41. The highest BCUT2D eigenvalue weighted by Crippen LogP contribution is 2.40. The van der Waals surface area contributed by atoms with Crippen molar-refractivity contribution >= 4 is 0 Å². The number of rotatable bonds is 8. The van der Waals surface area contributed by atoms with Crippen LogP contribution in [0.4, 0.5) is 22.0 Å². The van der Waals surface area contributed by atoms with Crippen LogP contribution in [0, 0.1) is 34.7 Å². The monoisotopic (exact) mass is 451 g/mol. The molecular weight excluding hydrogens is 425 g/mol. The summed E-state index contributed by atoms with van der Waals surface area (Å²) in [5.74, 6) is -2.85. The molecule has 0 atom stereocenters. The zero-order chi connectivity index (χ0) is 23.3. The molecule has 2 aromatic rings. The summed E-state index contributed by atoms with van der Waals surface area (Å²) in [5, 5.41) is 8.72. The molecule has 0 radical (unpaired) electrons. The number of nitriles is 1. The molecule has 0 bridgehead atoms. The average Bonchev–Trinajstić information content (AvgIpc) is 2.74. The minimum absolute atomic E-state index is 0.0398. The van der Waals surface area contributed by atoms with Crippen molar-refractivity contribution in [2.75, 3.05) is 6.61 Å². The van der Waals surface area contributed by atoms with Crippen molar-refractivity contribution in [3.8, 4) is 6.07 Å². The molecule has 7 heteroatoms. The average molecular weight is 451 g/mol. The number of hydrogen-bond donors (Lipinski definition) is 0. The molecule has 0 heterocycles. The Morgan fingerprint density at radius 1 is 1.00 bits per heavy atom. The standard InChI is InChI=1S/C25H26F5NO/c1-2-3-16-4-7-18(8-5-16)20-13-22(27)24(23(28)14-20)25(29,30)32-11-10-17-6-9-19(15-31)21(26)12-17/h6,9,12-14,16,18H,2-5,7-8,10-11H2,1H3/t16-,18-. The van der Waals surface area contributed by atoms with Crippen molar-refractivity contribution in [3.05, 3.63) is 70.0 Å². The van der Waals surface area contributed by atoms with Crippen molar-refractivity contribution in [1.82, 2.24) is 0 Å². The normalized spacial score (nSPS) is 19.0. The Morgan fingerprint density at radius 3 is 2.22 bits per heavy atom. The van der Waals surface area contributed by atoms with Crippen molar-refractivity contribution < 1.29 is 26.7 Å². The molecule has 0 unspecified atom stereocenters. The van der Waals surface area contributed by atoms with Crippen molar-refractivity contribution in [2.24, 2.45) is 5.92 Å². The number of benzene rings is 2. The van der Waals surface area contributed by atoms with E-state index in [9.17, 15) is 22.0 Å². The largest absolute Gasteiger partial charge is 0.389 e. The summed E-state index contributed by atoms with van der Waals surface area (Å²) in [7, 11) is 0. The van der Waals surface area contributed by atoms with E-state index < -0.39 is 35.7 Å². The lowest BCUT2D eigenvalue weighted by Gasteiger charge is -2.29. The Labute approximate surface area is 185 Å². The first-order valence-corrected chi connectivity index (χ1v) is 10.9. The maximum Gasteiger partial charge on any atom is 0.389 e. The lowest BCUT2D eigenvalue weighted by Crippen LogP contribution is -2.24. The molecule has 3 rings (SSSR count). The summed E-state index contributed by atoms with van der Waals surface area (Å²) in [5.41, 5.74) is -0.843. The van der Waals surface area contributed by atoms with E-state index in [1.165, 1.54) is 12.1 Å². The van der Waals surface area contributed by atoms with Gasteiger partial charge in [0.15, 0.2) is 0 Å². The number of hydrogen-bond acceptors (Lipinski definition) is 2. The summed E-state index contributed by atoms with van der Waals surface area (Å²) >= 11 is 0. The van der Waals surface area contributed by atoms with E-state index in [2.05, 4.69) is 11.7 Å². The van der Waals surface area contributed by atoms with Crippen LogP contribution >= 0.6 is 0 Å². The smallest absolute Gasteiger partial charge is 0.316 e. The molecule has 2 nitrogen and oxygen atoms in total. The zero-order valence-corrected chi connectivity index (χ0v) is 17.9. The fourth-order valence-corrected chi connectivity index (χ4v) is 4.47. The molecule has 1 aliphatic carbocycles. The fourth-order valence-electron chi connectivity index (χ4n) is 4.47. The molecule has 2 aromatic carbocycles. The second kappa shape index (κ2) is 10.4. The maximum atomic E-state index is 14.6. The van der Waals surface area contributed by atoms with Crippen molar-refractivity contribution in [1.29, 1.82) is 5.26 Å². The summed E-state index contributed by atoms with van der Waals surface area (Å²) in [6, 6.07) is 7.35. The highest BCUT2D eigenvalue weighted by molar-refractivity contribution is 5.34. The molecule has 172 valence electrons. The van der Waals surface area contributed by atoms with Crippen LogP contribution in [0.15, 0.2) is 30.3 Å². The molecular formula is C25H26F5NO. The van der Waals surface area contributed by atoms with Crippen LogP contribution in [0.2, 0.25) is 0 Å². The Bertz CT molecular complexity index is 954. The van der Waals surface area contributed by atoms with Crippen LogP contribution in [0.3, 0.4) is 0 Å². The quantitative estimate of drug-likeness (QED) is 0.393. The number of halogens is 5. The third-order valence-corrected chi connectivity index (χ3v) is 6.20. The summed E-state index contributed by atoms with van der Waals surface area (Å²) in [4.78, 5) is 0. The number of ether oxygens (including phenoxy) is 1. The third-order valence-electron chi connectivity index (χ3n) is 6.20.